The molecule has 0 spiro atoms. The molecule has 4 nitrogen and oxygen atoms in total. The Labute approximate surface area is 87.8 Å². The van der Waals surface area contributed by atoms with Crippen molar-refractivity contribution in [3.63, 3.8) is 0 Å². The molecule has 0 aliphatic heterocycles. The van der Waals surface area contributed by atoms with Crippen LogP contribution in [0.2, 0.25) is 0 Å². The lowest BCUT2D eigenvalue weighted by atomic mass is 10.0. The fourth-order valence-electron chi connectivity index (χ4n) is 1.50. The molecule has 1 aromatic rings. The summed E-state index contributed by atoms with van der Waals surface area (Å²) in [6, 6.07) is 3.40. The van der Waals surface area contributed by atoms with Crippen LogP contribution in [-0.4, -0.2) is 4.92 Å². The average molecular weight is 202 g/mol. The largest absolute Gasteiger partial charge is 0.275 e. The van der Waals surface area contributed by atoms with Crippen LogP contribution in [0.15, 0.2) is 18.3 Å². The minimum atomic E-state index is -0.382. The van der Waals surface area contributed by atoms with Gasteiger partial charge in [-0.1, -0.05) is 6.08 Å². The molecule has 0 atom stereocenters. The normalized spacial score (nSPS) is 10.2. The zero-order chi connectivity index (χ0) is 11.4. The van der Waals surface area contributed by atoms with Crippen LogP contribution in [0.4, 0.5) is 5.69 Å². The third-order valence-electron chi connectivity index (χ3n) is 2.04. The van der Waals surface area contributed by atoms with E-state index in [9.17, 15) is 10.1 Å². The van der Waals surface area contributed by atoms with Gasteiger partial charge in [0.15, 0.2) is 6.20 Å². The van der Waals surface area contributed by atoms with E-state index in [1.54, 1.807) is 32.1 Å². The van der Waals surface area contributed by atoms with Crippen LogP contribution in [0.5, 0.6) is 0 Å². The van der Waals surface area contributed by atoms with Gasteiger partial charge in [-0.05, 0) is 31.5 Å². The molecule has 0 N–H and O–H groups in total. The molecule has 76 valence electrons. The molecule has 0 aliphatic rings. The lowest BCUT2D eigenvalue weighted by molar-refractivity contribution is -0.386. The lowest BCUT2D eigenvalue weighted by Gasteiger charge is -2.02. The molecule has 0 aromatic heterocycles. The monoisotopic (exact) mass is 202 g/mol. The Morgan fingerprint density at radius 2 is 1.93 bits per heavy atom. The first-order valence-electron chi connectivity index (χ1n) is 4.35. The van der Waals surface area contributed by atoms with Crippen LogP contribution in [-0.2, 0) is 0 Å². The third kappa shape index (κ3) is 2.41. The summed E-state index contributed by atoms with van der Waals surface area (Å²) in [5.41, 5.74) is 2.19. The van der Waals surface area contributed by atoms with E-state index in [1.807, 2.05) is 0 Å². The second-order valence-corrected chi connectivity index (χ2v) is 3.21. The van der Waals surface area contributed by atoms with Gasteiger partial charge in [-0.25, -0.2) is 4.85 Å². The van der Waals surface area contributed by atoms with E-state index in [2.05, 4.69) is 4.85 Å². The molecule has 15 heavy (non-hydrogen) atoms. The third-order valence-corrected chi connectivity index (χ3v) is 2.04. The molecule has 1 rings (SSSR count). The van der Waals surface area contributed by atoms with Gasteiger partial charge < -0.3 is 0 Å². The highest BCUT2D eigenvalue weighted by Gasteiger charge is 2.14. The van der Waals surface area contributed by atoms with Gasteiger partial charge >= 0.3 is 0 Å². The van der Waals surface area contributed by atoms with Crippen molar-refractivity contribution in [2.45, 2.75) is 13.8 Å². The van der Waals surface area contributed by atoms with Crippen LogP contribution in [0, 0.1) is 30.5 Å². The Balaban J connectivity index is 3.27. The first-order valence-corrected chi connectivity index (χ1v) is 4.35. The minimum Gasteiger partial charge on any atom is -0.258 e. The maximum atomic E-state index is 10.7. The standard InChI is InChI=1S/C11H10N2O2/c1-8-6-10(4-5-12-3)7-9(2)11(8)13(14)15/h4-7H,1-2H3. The number of nitrogens with zero attached hydrogens (tertiary/aromatic N) is 2. The van der Waals surface area contributed by atoms with Crippen LogP contribution in [0.3, 0.4) is 0 Å². The molecular weight excluding hydrogens is 192 g/mol. The Bertz CT molecular complexity index is 447. The maximum Gasteiger partial charge on any atom is 0.275 e. The van der Waals surface area contributed by atoms with Crippen LogP contribution in [0.1, 0.15) is 16.7 Å². The minimum absolute atomic E-state index is 0.148. The molecule has 0 saturated heterocycles. The van der Waals surface area contributed by atoms with Crippen molar-refractivity contribution in [3.8, 4) is 0 Å². The van der Waals surface area contributed by atoms with E-state index in [1.165, 1.54) is 6.20 Å². The second-order valence-electron chi connectivity index (χ2n) is 3.21. The molecule has 0 heterocycles. The SMILES string of the molecule is [C-]#[N+]C=Cc1cc(C)c([N+](=O)[O-])c(C)c1. The Kier molecular flexibility index (Phi) is 3.19. The van der Waals surface area contributed by atoms with Crippen molar-refractivity contribution >= 4 is 11.8 Å². The summed E-state index contributed by atoms with van der Waals surface area (Å²) in [6.07, 6.45) is 2.97. The van der Waals surface area contributed by atoms with Gasteiger partial charge in [-0.15, -0.1) is 0 Å². The smallest absolute Gasteiger partial charge is 0.258 e. The number of benzene rings is 1. The van der Waals surface area contributed by atoms with Gasteiger partial charge in [0.25, 0.3) is 5.69 Å². The maximum absolute atomic E-state index is 10.7. The van der Waals surface area contributed by atoms with Crippen molar-refractivity contribution in [2.24, 2.45) is 0 Å². The van der Waals surface area contributed by atoms with E-state index >= 15 is 0 Å². The number of aryl methyl sites for hydroxylation is 2. The predicted molar refractivity (Wildman–Crippen MR) is 58.2 cm³/mol. The Morgan fingerprint density at radius 1 is 1.40 bits per heavy atom. The first-order chi connectivity index (χ1) is 7.06. The molecule has 0 amide bonds. The topological polar surface area (TPSA) is 47.5 Å². The van der Waals surface area contributed by atoms with Crippen LogP contribution < -0.4 is 0 Å². The number of hydrogen-bond donors (Lipinski definition) is 0. The highest BCUT2D eigenvalue weighted by molar-refractivity contribution is 5.59. The summed E-state index contributed by atoms with van der Waals surface area (Å²) in [5.74, 6) is 0. The number of nitro groups is 1. The highest BCUT2D eigenvalue weighted by atomic mass is 16.6. The van der Waals surface area contributed by atoms with Gasteiger partial charge in [-0.3, -0.25) is 10.1 Å². The van der Waals surface area contributed by atoms with Gasteiger partial charge in [0.1, 0.15) is 0 Å². The first kappa shape index (κ1) is 10.9. The predicted octanol–water partition coefficient (Wildman–Crippen LogP) is 3.10. The molecule has 0 unspecified atom stereocenters. The molecular formula is C11H10N2O2. The van der Waals surface area contributed by atoms with E-state index in [0.29, 0.717) is 11.1 Å². The van der Waals surface area contributed by atoms with E-state index < -0.39 is 0 Å². The molecule has 0 saturated carbocycles. The van der Waals surface area contributed by atoms with Gasteiger partial charge in [-0.2, -0.15) is 0 Å². The Hall–Kier alpha value is -2.15. The second kappa shape index (κ2) is 4.38. The van der Waals surface area contributed by atoms with E-state index in [-0.39, 0.29) is 10.6 Å². The molecule has 1 aromatic carbocycles. The summed E-state index contributed by atoms with van der Waals surface area (Å²) in [4.78, 5) is 13.4. The Morgan fingerprint density at radius 3 is 2.33 bits per heavy atom. The van der Waals surface area contributed by atoms with Crippen molar-refractivity contribution in [3.05, 3.63) is 56.6 Å². The zero-order valence-electron chi connectivity index (χ0n) is 8.52. The summed E-state index contributed by atoms with van der Waals surface area (Å²) >= 11 is 0. The van der Waals surface area contributed by atoms with E-state index in [0.717, 1.165) is 5.56 Å². The van der Waals surface area contributed by atoms with E-state index in [4.69, 9.17) is 6.57 Å². The van der Waals surface area contributed by atoms with Crippen LogP contribution >= 0.6 is 0 Å². The molecule has 0 fully saturated rings. The summed E-state index contributed by atoms with van der Waals surface area (Å²) in [5, 5.41) is 10.7. The summed E-state index contributed by atoms with van der Waals surface area (Å²) in [7, 11) is 0. The highest BCUT2D eigenvalue weighted by Crippen LogP contribution is 2.24. The average Bonchev–Trinajstić information content (AvgIpc) is 2.12. The van der Waals surface area contributed by atoms with Gasteiger partial charge in [0.2, 0.25) is 0 Å². The van der Waals surface area contributed by atoms with Crippen LogP contribution in [0.25, 0.3) is 10.9 Å². The fourth-order valence-corrected chi connectivity index (χ4v) is 1.50. The molecule has 0 aliphatic carbocycles. The van der Waals surface area contributed by atoms with Crippen molar-refractivity contribution in [1.82, 2.24) is 0 Å². The van der Waals surface area contributed by atoms with Gasteiger partial charge in [0, 0.05) is 11.1 Å². The van der Waals surface area contributed by atoms with Crippen molar-refractivity contribution < 1.29 is 4.92 Å². The molecule has 0 bridgehead atoms. The number of nitro benzene ring substituents is 1. The molecule has 0 radical (unpaired) electrons. The zero-order valence-corrected chi connectivity index (χ0v) is 8.52. The van der Waals surface area contributed by atoms with Gasteiger partial charge in [0.05, 0.1) is 11.5 Å². The summed E-state index contributed by atoms with van der Waals surface area (Å²) < 4.78 is 0. The fraction of sp³-hybridized carbons (Fsp3) is 0.182. The summed E-state index contributed by atoms with van der Waals surface area (Å²) in [6.45, 7) is 9.99. The van der Waals surface area contributed by atoms with Crippen molar-refractivity contribution in [1.29, 1.82) is 0 Å². The number of hydrogen-bond acceptors (Lipinski definition) is 2. The lowest BCUT2D eigenvalue weighted by Crippen LogP contribution is -1.95. The van der Waals surface area contributed by atoms with Crippen molar-refractivity contribution in [2.75, 3.05) is 0 Å². The quantitative estimate of drug-likeness (QED) is 0.420. The number of rotatable bonds is 2. The molecule has 4 heteroatoms.